The lowest BCUT2D eigenvalue weighted by Crippen LogP contribution is -2.41. The van der Waals surface area contributed by atoms with Crippen LogP contribution in [0.3, 0.4) is 0 Å². The lowest BCUT2D eigenvalue weighted by molar-refractivity contribution is 0.0896. The van der Waals surface area contributed by atoms with Gasteiger partial charge in [0.05, 0.1) is 12.6 Å². The number of halogens is 2. The summed E-state index contributed by atoms with van der Waals surface area (Å²) in [7, 11) is 0. The lowest BCUT2D eigenvalue weighted by Gasteiger charge is -2.19. The van der Waals surface area contributed by atoms with Crippen LogP contribution in [0.1, 0.15) is 24.2 Å². The van der Waals surface area contributed by atoms with Crippen LogP contribution in [0.25, 0.3) is 0 Å². The van der Waals surface area contributed by atoms with Gasteiger partial charge in [0, 0.05) is 10.0 Å². The minimum atomic E-state index is -0.477. The summed E-state index contributed by atoms with van der Waals surface area (Å²) >= 11 is 3.12. The van der Waals surface area contributed by atoms with E-state index < -0.39 is 11.7 Å². The zero-order valence-electron chi connectivity index (χ0n) is 9.71. The van der Waals surface area contributed by atoms with Crippen molar-refractivity contribution >= 4 is 21.8 Å². The third-order valence-corrected chi connectivity index (χ3v) is 2.90. The van der Waals surface area contributed by atoms with Crippen molar-refractivity contribution in [3.63, 3.8) is 0 Å². The Hall–Kier alpha value is -0.940. The smallest absolute Gasteiger partial charge is 0.251 e. The summed E-state index contributed by atoms with van der Waals surface area (Å²) in [5.41, 5.74) is 0.232. The van der Waals surface area contributed by atoms with Crippen LogP contribution < -0.4 is 5.32 Å². The molecule has 1 aromatic carbocycles. The van der Waals surface area contributed by atoms with Crippen molar-refractivity contribution in [2.75, 3.05) is 6.61 Å². The molecule has 0 fully saturated rings. The Bertz CT molecular complexity index is 389. The molecule has 3 nitrogen and oxygen atoms in total. The summed E-state index contributed by atoms with van der Waals surface area (Å²) in [5.74, 6) is -0.756. The molecule has 17 heavy (non-hydrogen) atoms. The number of nitrogens with one attached hydrogen (secondary N) is 1. The normalized spacial score (nSPS) is 12.6. The van der Waals surface area contributed by atoms with E-state index in [1.807, 2.05) is 13.8 Å². The molecule has 0 unspecified atom stereocenters. The number of rotatable bonds is 4. The van der Waals surface area contributed by atoms with Crippen LogP contribution in [0.5, 0.6) is 0 Å². The molecule has 94 valence electrons. The van der Waals surface area contributed by atoms with E-state index in [1.165, 1.54) is 12.1 Å². The summed E-state index contributed by atoms with van der Waals surface area (Å²) < 4.78 is 13.6. The molecule has 0 heterocycles. The van der Waals surface area contributed by atoms with E-state index in [1.54, 1.807) is 0 Å². The molecule has 0 bridgehead atoms. The zero-order chi connectivity index (χ0) is 13.0. The molecule has 0 saturated carbocycles. The number of aliphatic hydroxyl groups excluding tert-OH is 1. The first-order chi connectivity index (χ1) is 7.93. The van der Waals surface area contributed by atoms with Gasteiger partial charge in [0.25, 0.3) is 5.91 Å². The summed E-state index contributed by atoms with van der Waals surface area (Å²) in [6.45, 7) is 3.64. The van der Waals surface area contributed by atoms with Crippen molar-refractivity contribution in [2.45, 2.75) is 19.9 Å². The molecular weight excluding hydrogens is 289 g/mol. The van der Waals surface area contributed by atoms with E-state index >= 15 is 0 Å². The molecule has 2 N–H and O–H groups in total. The molecule has 0 spiro atoms. The van der Waals surface area contributed by atoms with Gasteiger partial charge in [-0.3, -0.25) is 4.79 Å². The van der Waals surface area contributed by atoms with E-state index in [9.17, 15) is 9.18 Å². The second kappa shape index (κ2) is 6.12. The number of aliphatic hydroxyl groups is 1. The number of carbonyl (C=O) groups is 1. The van der Waals surface area contributed by atoms with Gasteiger partial charge in [-0.15, -0.1) is 0 Å². The first-order valence-corrected chi connectivity index (χ1v) is 6.11. The SMILES string of the molecule is CC(C)[C@@H](CO)NC(=O)c1cc(F)cc(Br)c1. The van der Waals surface area contributed by atoms with Crippen LogP contribution >= 0.6 is 15.9 Å². The van der Waals surface area contributed by atoms with E-state index in [4.69, 9.17) is 5.11 Å². The average Bonchev–Trinajstić information content (AvgIpc) is 2.23. The highest BCUT2D eigenvalue weighted by Gasteiger charge is 2.16. The average molecular weight is 304 g/mol. The van der Waals surface area contributed by atoms with Gasteiger partial charge in [0.1, 0.15) is 5.82 Å². The number of benzene rings is 1. The molecule has 0 aromatic heterocycles. The van der Waals surface area contributed by atoms with Crippen LogP contribution in [0.2, 0.25) is 0 Å². The Labute approximate surface area is 108 Å². The van der Waals surface area contributed by atoms with Crippen LogP contribution in [0, 0.1) is 11.7 Å². The minimum absolute atomic E-state index is 0.112. The lowest BCUT2D eigenvalue weighted by atomic mass is 10.0. The Morgan fingerprint density at radius 3 is 2.59 bits per heavy atom. The van der Waals surface area contributed by atoms with E-state index in [0.29, 0.717) is 4.47 Å². The molecule has 1 amide bonds. The molecular formula is C12H15BrFNO2. The molecule has 0 aliphatic rings. The third kappa shape index (κ3) is 4.09. The predicted octanol–water partition coefficient (Wildman–Crippen LogP) is 2.33. The Morgan fingerprint density at radius 1 is 1.47 bits per heavy atom. The standard InChI is InChI=1S/C12H15BrFNO2/c1-7(2)11(6-16)15-12(17)8-3-9(13)5-10(14)4-8/h3-5,7,11,16H,6H2,1-2H3,(H,15,17)/t11-/m1/s1. The van der Waals surface area contributed by atoms with Crippen LogP contribution in [-0.4, -0.2) is 23.7 Å². The van der Waals surface area contributed by atoms with Crippen molar-refractivity contribution in [2.24, 2.45) is 5.92 Å². The van der Waals surface area contributed by atoms with Crippen molar-refractivity contribution in [1.82, 2.24) is 5.32 Å². The fraction of sp³-hybridized carbons (Fsp3) is 0.417. The molecule has 0 aliphatic carbocycles. The fourth-order valence-corrected chi connectivity index (χ4v) is 1.83. The molecule has 1 aromatic rings. The van der Waals surface area contributed by atoms with E-state index in [-0.39, 0.29) is 24.1 Å². The summed E-state index contributed by atoms with van der Waals surface area (Å²) in [6.07, 6.45) is 0. The van der Waals surface area contributed by atoms with Crippen LogP contribution in [0.15, 0.2) is 22.7 Å². The summed E-state index contributed by atoms with van der Waals surface area (Å²) in [4.78, 5) is 11.8. The van der Waals surface area contributed by atoms with Gasteiger partial charge in [0.2, 0.25) is 0 Å². The van der Waals surface area contributed by atoms with Crippen LogP contribution in [0.4, 0.5) is 4.39 Å². The van der Waals surface area contributed by atoms with Gasteiger partial charge in [0.15, 0.2) is 0 Å². The van der Waals surface area contributed by atoms with Crippen molar-refractivity contribution in [1.29, 1.82) is 0 Å². The van der Waals surface area contributed by atoms with Gasteiger partial charge in [-0.25, -0.2) is 4.39 Å². The molecule has 1 rings (SSSR count). The van der Waals surface area contributed by atoms with Gasteiger partial charge >= 0.3 is 0 Å². The highest BCUT2D eigenvalue weighted by molar-refractivity contribution is 9.10. The maximum atomic E-state index is 13.1. The summed E-state index contributed by atoms with van der Waals surface area (Å²) in [6, 6.07) is 3.65. The van der Waals surface area contributed by atoms with E-state index in [2.05, 4.69) is 21.2 Å². The molecule has 1 atom stereocenters. The fourth-order valence-electron chi connectivity index (χ4n) is 1.36. The Balaban J connectivity index is 2.82. The van der Waals surface area contributed by atoms with E-state index in [0.717, 1.165) is 6.07 Å². The second-order valence-electron chi connectivity index (χ2n) is 4.16. The first kappa shape index (κ1) is 14.1. The molecule has 0 saturated heterocycles. The largest absolute Gasteiger partial charge is 0.394 e. The Morgan fingerprint density at radius 2 is 2.12 bits per heavy atom. The minimum Gasteiger partial charge on any atom is -0.394 e. The van der Waals surface area contributed by atoms with Gasteiger partial charge in [-0.1, -0.05) is 29.8 Å². The maximum Gasteiger partial charge on any atom is 0.251 e. The number of hydrogen-bond acceptors (Lipinski definition) is 2. The molecule has 0 radical (unpaired) electrons. The van der Waals surface area contributed by atoms with Gasteiger partial charge in [-0.05, 0) is 24.1 Å². The highest BCUT2D eigenvalue weighted by Crippen LogP contribution is 2.15. The molecule has 0 aliphatic heterocycles. The first-order valence-electron chi connectivity index (χ1n) is 5.32. The van der Waals surface area contributed by atoms with Crippen molar-refractivity contribution in [3.05, 3.63) is 34.1 Å². The van der Waals surface area contributed by atoms with Gasteiger partial charge in [-0.2, -0.15) is 0 Å². The number of amides is 1. The number of carbonyl (C=O) groups excluding carboxylic acids is 1. The Kier molecular flexibility index (Phi) is 5.08. The van der Waals surface area contributed by atoms with Crippen molar-refractivity contribution in [3.8, 4) is 0 Å². The zero-order valence-corrected chi connectivity index (χ0v) is 11.3. The van der Waals surface area contributed by atoms with Gasteiger partial charge < -0.3 is 10.4 Å². The second-order valence-corrected chi connectivity index (χ2v) is 5.08. The molecule has 5 heteroatoms. The summed E-state index contributed by atoms with van der Waals surface area (Å²) in [5, 5.41) is 11.8. The topological polar surface area (TPSA) is 49.3 Å². The number of hydrogen-bond donors (Lipinski definition) is 2. The predicted molar refractivity (Wildman–Crippen MR) is 67.3 cm³/mol. The quantitative estimate of drug-likeness (QED) is 0.897. The van der Waals surface area contributed by atoms with Crippen LogP contribution in [-0.2, 0) is 0 Å². The maximum absolute atomic E-state index is 13.1. The monoisotopic (exact) mass is 303 g/mol. The highest BCUT2D eigenvalue weighted by atomic mass is 79.9. The van der Waals surface area contributed by atoms with Crippen molar-refractivity contribution < 1.29 is 14.3 Å². The third-order valence-electron chi connectivity index (χ3n) is 2.44.